The normalized spacial score (nSPS) is 11.0. The first-order valence-electron chi connectivity index (χ1n) is 8.41. The molecule has 0 atom stereocenters. The number of carbonyl (C=O) groups excluding carboxylic acids is 2. The van der Waals surface area contributed by atoms with Gasteiger partial charge in [0.2, 0.25) is 0 Å². The Bertz CT molecular complexity index is 671. The van der Waals surface area contributed by atoms with Crippen LogP contribution in [0.15, 0.2) is 18.2 Å². The molecular weight excluding hydrogens is 407 g/mol. The molecule has 0 bridgehead atoms. The molecule has 0 radical (unpaired) electrons. The average Bonchev–Trinajstić information content (AvgIpc) is 2.47. The molecule has 0 aliphatic rings. The first-order chi connectivity index (χ1) is 12.5. The van der Waals surface area contributed by atoms with Crippen molar-refractivity contribution in [2.75, 3.05) is 19.5 Å². The number of hydrogen-bond donors (Lipinski definition) is 2. The van der Waals surface area contributed by atoms with Crippen LogP contribution < -0.4 is 11.3 Å². The standard InChI is InChI=1S/C12H16Cl2N2O2.C6H14N2O2/c1-12(2,3)18-11(17)16(4)15-10-6-5-8(13)7-9(10)14;1-6(2,3)10-5(9)8(4)7/h5-7,15H,1-4H3;7H2,1-4H3. The van der Waals surface area contributed by atoms with Crippen molar-refractivity contribution in [1.82, 2.24) is 10.0 Å². The van der Waals surface area contributed by atoms with Crippen LogP contribution in [0.4, 0.5) is 15.3 Å². The Morgan fingerprint density at radius 1 is 0.964 bits per heavy atom. The molecule has 0 aromatic heterocycles. The van der Waals surface area contributed by atoms with Crippen molar-refractivity contribution >= 4 is 41.1 Å². The van der Waals surface area contributed by atoms with Gasteiger partial charge in [0.15, 0.2) is 0 Å². The van der Waals surface area contributed by atoms with Gasteiger partial charge in [-0.3, -0.25) is 5.43 Å². The zero-order valence-electron chi connectivity index (χ0n) is 17.6. The first kappa shape index (κ1) is 26.1. The van der Waals surface area contributed by atoms with Crippen molar-refractivity contribution < 1.29 is 19.1 Å². The molecule has 0 saturated heterocycles. The highest BCUT2D eigenvalue weighted by Crippen LogP contribution is 2.25. The number of benzene rings is 1. The minimum atomic E-state index is -0.545. The molecule has 0 saturated carbocycles. The second kappa shape index (κ2) is 10.6. The summed E-state index contributed by atoms with van der Waals surface area (Å²) in [5.41, 5.74) is 2.39. The minimum absolute atomic E-state index is 0.429. The van der Waals surface area contributed by atoms with Crippen LogP contribution in [-0.4, -0.2) is 47.5 Å². The minimum Gasteiger partial charge on any atom is -0.443 e. The van der Waals surface area contributed by atoms with Gasteiger partial charge in [0.1, 0.15) is 11.2 Å². The van der Waals surface area contributed by atoms with Crippen molar-refractivity contribution in [3.63, 3.8) is 0 Å². The van der Waals surface area contributed by atoms with E-state index in [4.69, 9.17) is 38.5 Å². The van der Waals surface area contributed by atoms with Crippen LogP contribution in [0.1, 0.15) is 41.5 Å². The number of rotatable bonds is 2. The molecule has 28 heavy (non-hydrogen) atoms. The molecule has 0 unspecified atom stereocenters. The SMILES string of the molecule is CN(N)C(=O)OC(C)(C)C.CN(Nc1ccc(Cl)cc1Cl)C(=O)OC(C)(C)C. The van der Waals surface area contributed by atoms with Gasteiger partial charge in [-0.2, -0.15) is 0 Å². The number of hydrazine groups is 2. The summed E-state index contributed by atoms with van der Waals surface area (Å²) < 4.78 is 10.1. The Morgan fingerprint density at radius 2 is 1.43 bits per heavy atom. The molecule has 1 aromatic carbocycles. The van der Waals surface area contributed by atoms with E-state index in [1.807, 2.05) is 0 Å². The Morgan fingerprint density at radius 3 is 1.79 bits per heavy atom. The number of amides is 2. The van der Waals surface area contributed by atoms with Crippen LogP contribution >= 0.6 is 23.2 Å². The molecule has 0 spiro atoms. The van der Waals surface area contributed by atoms with E-state index in [1.54, 1.807) is 66.8 Å². The number of nitrogens with two attached hydrogens (primary N) is 1. The van der Waals surface area contributed by atoms with Crippen LogP contribution in [-0.2, 0) is 9.47 Å². The lowest BCUT2D eigenvalue weighted by Crippen LogP contribution is -2.38. The second-order valence-corrected chi connectivity index (χ2v) is 8.71. The Balaban J connectivity index is 0.000000621. The monoisotopic (exact) mass is 436 g/mol. The molecule has 160 valence electrons. The predicted octanol–water partition coefficient (Wildman–Crippen LogP) is 4.91. The predicted molar refractivity (Wildman–Crippen MR) is 112 cm³/mol. The Hall–Kier alpha value is -1.90. The summed E-state index contributed by atoms with van der Waals surface area (Å²) >= 11 is 11.8. The molecule has 0 aliphatic carbocycles. The van der Waals surface area contributed by atoms with Crippen LogP contribution in [0.5, 0.6) is 0 Å². The van der Waals surface area contributed by atoms with E-state index in [9.17, 15) is 9.59 Å². The van der Waals surface area contributed by atoms with Crippen LogP contribution in [0.3, 0.4) is 0 Å². The highest BCUT2D eigenvalue weighted by Gasteiger charge is 2.20. The molecule has 2 amide bonds. The van der Waals surface area contributed by atoms with E-state index in [-0.39, 0.29) is 0 Å². The topological polar surface area (TPSA) is 97.1 Å². The number of nitrogens with zero attached hydrogens (tertiary/aromatic N) is 2. The molecule has 10 heteroatoms. The van der Waals surface area contributed by atoms with E-state index in [2.05, 4.69) is 5.43 Å². The maximum Gasteiger partial charge on any atom is 0.428 e. The van der Waals surface area contributed by atoms with Gasteiger partial charge in [0.25, 0.3) is 0 Å². The summed E-state index contributed by atoms with van der Waals surface area (Å²) in [6.07, 6.45) is -1.01. The zero-order valence-corrected chi connectivity index (χ0v) is 19.1. The summed E-state index contributed by atoms with van der Waals surface area (Å²) in [5.74, 6) is 5.10. The van der Waals surface area contributed by atoms with Gasteiger partial charge in [0.05, 0.1) is 10.7 Å². The van der Waals surface area contributed by atoms with E-state index in [1.165, 1.54) is 12.1 Å². The lowest BCUT2D eigenvalue weighted by Gasteiger charge is -2.25. The highest BCUT2D eigenvalue weighted by atomic mass is 35.5. The summed E-state index contributed by atoms with van der Waals surface area (Å²) in [4.78, 5) is 22.5. The fourth-order valence-corrected chi connectivity index (χ4v) is 1.92. The van der Waals surface area contributed by atoms with Gasteiger partial charge in [-0.1, -0.05) is 23.2 Å². The summed E-state index contributed by atoms with van der Waals surface area (Å²) in [6, 6.07) is 4.96. The Kier molecular flexibility index (Phi) is 9.87. The van der Waals surface area contributed by atoms with Gasteiger partial charge >= 0.3 is 12.2 Å². The largest absolute Gasteiger partial charge is 0.443 e. The Labute approximate surface area is 176 Å². The quantitative estimate of drug-likeness (QED) is 0.388. The van der Waals surface area contributed by atoms with Crippen molar-refractivity contribution in [1.29, 1.82) is 0 Å². The average molecular weight is 437 g/mol. The summed E-state index contributed by atoms with van der Waals surface area (Å²) in [7, 11) is 2.99. The van der Waals surface area contributed by atoms with Crippen LogP contribution in [0.2, 0.25) is 10.0 Å². The fourth-order valence-electron chi connectivity index (χ4n) is 1.47. The van der Waals surface area contributed by atoms with Crippen molar-refractivity contribution in [2.45, 2.75) is 52.7 Å². The van der Waals surface area contributed by atoms with Gasteiger partial charge in [-0.05, 0) is 59.7 Å². The number of halogens is 2. The molecule has 3 N–H and O–H groups in total. The maximum atomic E-state index is 11.7. The van der Waals surface area contributed by atoms with Crippen LogP contribution in [0, 0.1) is 0 Å². The molecule has 1 aromatic rings. The first-order valence-corrected chi connectivity index (χ1v) is 9.17. The van der Waals surface area contributed by atoms with Gasteiger partial charge < -0.3 is 9.47 Å². The zero-order chi connectivity index (χ0) is 22.3. The molecule has 8 nitrogen and oxygen atoms in total. The van der Waals surface area contributed by atoms with Crippen molar-refractivity contribution in [3.05, 3.63) is 28.2 Å². The maximum absolute atomic E-state index is 11.7. The third kappa shape index (κ3) is 11.7. The van der Waals surface area contributed by atoms with Crippen molar-refractivity contribution in [3.8, 4) is 0 Å². The lowest BCUT2D eigenvalue weighted by atomic mass is 10.2. The molecule has 1 rings (SSSR count). The number of anilines is 1. The van der Waals surface area contributed by atoms with E-state index in [0.29, 0.717) is 15.7 Å². The molecular formula is C18H30Cl2N4O4. The van der Waals surface area contributed by atoms with Gasteiger partial charge in [-0.15, -0.1) is 0 Å². The third-order valence-corrected chi connectivity index (χ3v) is 3.12. The molecule has 0 fully saturated rings. The fraction of sp³-hybridized carbons (Fsp3) is 0.556. The van der Waals surface area contributed by atoms with Gasteiger partial charge in [-0.25, -0.2) is 25.4 Å². The number of hydrogen-bond acceptors (Lipinski definition) is 6. The third-order valence-electron chi connectivity index (χ3n) is 2.57. The summed E-state index contributed by atoms with van der Waals surface area (Å²) in [6.45, 7) is 10.8. The molecule has 0 aliphatic heterocycles. The van der Waals surface area contributed by atoms with Crippen LogP contribution in [0.25, 0.3) is 0 Å². The smallest absolute Gasteiger partial charge is 0.428 e. The van der Waals surface area contributed by atoms with Crippen molar-refractivity contribution in [2.24, 2.45) is 5.84 Å². The lowest BCUT2D eigenvalue weighted by molar-refractivity contribution is 0.0295. The highest BCUT2D eigenvalue weighted by molar-refractivity contribution is 6.36. The molecule has 0 heterocycles. The van der Waals surface area contributed by atoms with E-state index < -0.39 is 23.4 Å². The summed E-state index contributed by atoms with van der Waals surface area (Å²) in [5, 5.41) is 3.09. The van der Waals surface area contributed by atoms with E-state index in [0.717, 1.165) is 5.01 Å². The van der Waals surface area contributed by atoms with Gasteiger partial charge in [0, 0.05) is 19.1 Å². The number of nitrogens with one attached hydrogen (secondary N) is 1. The number of carbonyl (C=O) groups is 2. The second-order valence-electron chi connectivity index (χ2n) is 7.87. The number of ether oxygens (including phenoxy) is 2. The van der Waals surface area contributed by atoms with E-state index >= 15 is 0 Å².